The lowest BCUT2D eigenvalue weighted by Crippen LogP contribution is -2.24. The lowest BCUT2D eigenvalue weighted by molar-refractivity contribution is -0.118. The van der Waals surface area contributed by atoms with Crippen LogP contribution in [-0.2, 0) is 11.3 Å². The van der Waals surface area contributed by atoms with Crippen molar-refractivity contribution in [2.45, 2.75) is 10.9 Å². The molecular weight excluding hydrogens is 395 g/mol. The van der Waals surface area contributed by atoms with E-state index in [9.17, 15) is 14.0 Å². The summed E-state index contributed by atoms with van der Waals surface area (Å²) in [4.78, 5) is 24.9. The van der Waals surface area contributed by atoms with Crippen LogP contribution in [0.5, 0.6) is 0 Å². The maximum atomic E-state index is 13.6. The maximum absolute atomic E-state index is 13.6. The Bertz CT molecular complexity index is 899. The molecule has 26 heavy (non-hydrogen) atoms. The largest absolute Gasteiger partial charge is 0.350 e. The second kappa shape index (κ2) is 8.88. The number of hydrogen-bond donors (Lipinski definition) is 2. The summed E-state index contributed by atoms with van der Waals surface area (Å²) in [5, 5.41) is 15.3. The number of rotatable bonds is 7. The van der Waals surface area contributed by atoms with Crippen LogP contribution in [-0.4, -0.2) is 27.8 Å². The van der Waals surface area contributed by atoms with E-state index in [4.69, 9.17) is 0 Å². The van der Waals surface area contributed by atoms with Crippen LogP contribution in [0.1, 0.15) is 15.2 Å². The molecule has 0 spiro atoms. The standard InChI is InChI=1S/C16H13FN4O2S3/c17-12-6-2-1-5-11(12)14(23)19-15-20-21-16(26-15)25-9-13(22)18-8-10-4-3-7-24-10/h1-7H,8-9H2,(H,18,22)(H,19,20,23). The molecule has 0 aliphatic heterocycles. The van der Waals surface area contributed by atoms with Crippen molar-refractivity contribution in [3.63, 3.8) is 0 Å². The fourth-order valence-electron chi connectivity index (χ4n) is 1.91. The van der Waals surface area contributed by atoms with Gasteiger partial charge in [0.05, 0.1) is 17.9 Å². The van der Waals surface area contributed by atoms with Gasteiger partial charge in [0, 0.05) is 4.88 Å². The third kappa shape index (κ3) is 5.10. The number of amides is 2. The van der Waals surface area contributed by atoms with Gasteiger partial charge in [-0.15, -0.1) is 21.5 Å². The average molecular weight is 409 g/mol. The number of anilines is 1. The Kier molecular flexibility index (Phi) is 6.31. The molecule has 0 saturated heterocycles. The van der Waals surface area contributed by atoms with Gasteiger partial charge in [0.2, 0.25) is 11.0 Å². The quantitative estimate of drug-likeness (QED) is 0.462. The van der Waals surface area contributed by atoms with Gasteiger partial charge in [-0.25, -0.2) is 4.39 Å². The van der Waals surface area contributed by atoms with Crippen LogP contribution in [0.4, 0.5) is 9.52 Å². The second-order valence-corrected chi connectivity index (χ2v) is 8.18. The molecule has 134 valence electrons. The SMILES string of the molecule is O=C(CSc1nnc(NC(=O)c2ccccc2F)s1)NCc1cccs1. The summed E-state index contributed by atoms with van der Waals surface area (Å²) >= 11 is 3.93. The highest BCUT2D eigenvalue weighted by Crippen LogP contribution is 2.25. The minimum atomic E-state index is -0.605. The topological polar surface area (TPSA) is 84.0 Å². The van der Waals surface area contributed by atoms with E-state index in [1.165, 1.54) is 30.0 Å². The number of thioether (sulfide) groups is 1. The number of aromatic nitrogens is 2. The zero-order chi connectivity index (χ0) is 18.4. The van der Waals surface area contributed by atoms with Crippen LogP contribution >= 0.6 is 34.4 Å². The van der Waals surface area contributed by atoms with Crippen LogP contribution in [0.3, 0.4) is 0 Å². The number of thiophene rings is 1. The molecule has 0 aliphatic rings. The normalized spacial score (nSPS) is 10.5. The Labute approximate surface area is 160 Å². The number of carbonyl (C=O) groups is 2. The minimum Gasteiger partial charge on any atom is -0.350 e. The smallest absolute Gasteiger partial charge is 0.260 e. The second-order valence-electron chi connectivity index (χ2n) is 4.95. The lowest BCUT2D eigenvalue weighted by atomic mass is 10.2. The van der Waals surface area contributed by atoms with Crippen molar-refractivity contribution >= 4 is 51.4 Å². The van der Waals surface area contributed by atoms with Gasteiger partial charge in [-0.3, -0.25) is 14.9 Å². The predicted molar refractivity (Wildman–Crippen MR) is 101 cm³/mol. The molecule has 0 aliphatic carbocycles. The molecule has 0 saturated carbocycles. The minimum absolute atomic E-state index is 0.0649. The van der Waals surface area contributed by atoms with Crippen molar-refractivity contribution in [1.29, 1.82) is 0 Å². The van der Waals surface area contributed by atoms with Crippen molar-refractivity contribution in [2.75, 3.05) is 11.1 Å². The summed E-state index contributed by atoms with van der Waals surface area (Å²) in [6.07, 6.45) is 0. The van der Waals surface area contributed by atoms with E-state index in [-0.39, 0.29) is 22.4 Å². The van der Waals surface area contributed by atoms with Crippen molar-refractivity contribution < 1.29 is 14.0 Å². The summed E-state index contributed by atoms with van der Waals surface area (Å²) < 4.78 is 14.1. The summed E-state index contributed by atoms with van der Waals surface area (Å²) in [6, 6.07) is 9.57. The number of nitrogens with zero attached hydrogens (tertiary/aromatic N) is 2. The van der Waals surface area contributed by atoms with Crippen LogP contribution in [0.15, 0.2) is 46.1 Å². The van der Waals surface area contributed by atoms with Crippen molar-refractivity contribution in [3.8, 4) is 0 Å². The molecule has 2 heterocycles. The van der Waals surface area contributed by atoms with E-state index >= 15 is 0 Å². The molecule has 2 amide bonds. The number of hydrogen-bond acceptors (Lipinski definition) is 7. The molecule has 1 aromatic carbocycles. The Hall–Kier alpha value is -2.30. The fraction of sp³-hybridized carbons (Fsp3) is 0.125. The van der Waals surface area contributed by atoms with E-state index < -0.39 is 11.7 Å². The average Bonchev–Trinajstić information content (AvgIpc) is 3.30. The van der Waals surface area contributed by atoms with Crippen LogP contribution in [0, 0.1) is 5.82 Å². The molecule has 3 rings (SSSR count). The molecule has 0 radical (unpaired) electrons. The third-order valence-corrected chi connectivity index (χ3v) is 5.96. The maximum Gasteiger partial charge on any atom is 0.260 e. The zero-order valence-corrected chi connectivity index (χ0v) is 15.7. The number of carbonyl (C=O) groups excluding carboxylic acids is 2. The van der Waals surface area contributed by atoms with Crippen molar-refractivity contribution in [3.05, 3.63) is 58.0 Å². The Morgan fingerprint density at radius 3 is 2.77 bits per heavy atom. The van der Waals surface area contributed by atoms with Gasteiger partial charge in [-0.2, -0.15) is 0 Å². The lowest BCUT2D eigenvalue weighted by Gasteiger charge is -2.02. The highest BCUT2D eigenvalue weighted by molar-refractivity contribution is 8.01. The number of benzene rings is 1. The highest BCUT2D eigenvalue weighted by atomic mass is 32.2. The molecule has 3 aromatic rings. The molecule has 6 nitrogen and oxygen atoms in total. The van der Waals surface area contributed by atoms with Crippen molar-refractivity contribution in [1.82, 2.24) is 15.5 Å². The Balaban J connectivity index is 1.48. The number of nitrogens with one attached hydrogen (secondary N) is 2. The summed E-state index contributed by atoms with van der Waals surface area (Å²) in [7, 11) is 0. The monoisotopic (exact) mass is 408 g/mol. The first-order chi connectivity index (χ1) is 12.6. The Morgan fingerprint density at radius 2 is 2.00 bits per heavy atom. The van der Waals surface area contributed by atoms with Gasteiger partial charge < -0.3 is 5.32 Å². The first kappa shape index (κ1) is 18.5. The molecular formula is C16H13FN4O2S3. The van der Waals surface area contributed by atoms with E-state index in [1.807, 2.05) is 17.5 Å². The van der Waals surface area contributed by atoms with Crippen LogP contribution in [0.2, 0.25) is 0 Å². The predicted octanol–water partition coefficient (Wildman–Crippen LogP) is 3.40. The first-order valence-corrected chi connectivity index (χ1v) is 10.1. The molecule has 0 bridgehead atoms. The summed E-state index contributed by atoms with van der Waals surface area (Å²) in [6.45, 7) is 0.497. The Morgan fingerprint density at radius 1 is 1.15 bits per heavy atom. The van der Waals surface area contributed by atoms with Gasteiger partial charge in [-0.1, -0.05) is 41.3 Å². The van der Waals surface area contributed by atoms with Crippen LogP contribution in [0.25, 0.3) is 0 Å². The molecule has 2 N–H and O–H groups in total. The van der Waals surface area contributed by atoms with Gasteiger partial charge in [0.15, 0.2) is 4.34 Å². The van der Waals surface area contributed by atoms with Crippen molar-refractivity contribution in [2.24, 2.45) is 0 Å². The molecule has 10 heteroatoms. The van der Waals surface area contributed by atoms with E-state index in [0.29, 0.717) is 10.9 Å². The van der Waals surface area contributed by atoms with Gasteiger partial charge in [0.1, 0.15) is 5.82 Å². The summed E-state index contributed by atoms with van der Waals surface area (Å²) in [5.74, 6) is -1.12. The molecule has 0 unspecified atom stereocenters. The van der Waals surface area contributed by atoms with Crippen LogP contribution < -0.4 is 10.6 Å². The van der Waals surface area contributed by atoms with E-state index in [2.05, 4.69) is 20.8 Å². The molecule has 0 atom stereocenters. The first-order valence-electron chi connectivity index (χ1n) is 7.43. The van der Waals surface area contributed by atoms with Gasteiger partial charge in [-0.05, 0) is 23.6 Å². The van der Waals surface area contributed by atoms with E-state index in [1.54, 1.807) is 17.4 Å². The molecule has 2 aromatic heterocycles. The number of halogens is 1. The fourth-order valence-corrected chi connectivity index (χ4v) is 4.13. The third-order valence-electron chi connectivity index (χ3n) is 3.11. The molecule has 0 fully saturated rings. The van der Waals surface area contributed by atoms with Gasteiger partial charge >= 0.3 is 0 Å². The summed E-state index contributed by atoms with van der Waals surface area (Å²) in [5.41, 5.74) is -0.0649. The van der Waals surface area contributed by atoms with Gasteiger partial charge in [0.25, 0.3) is 5.91 Å². The zero-order valence-electron chi connectivity index (χ0n) is 13.3. The van der Waals surface area contributed by atoms with E-state index in [0.717, 1.165) is 16.2 Å². The highest BCUT2D eigenvalue weighted by Gasteiger charge is 2.14.